The number of nitrogens with zero attached hydrogens (tertiary/aromatic N) is 2. The lowest BCUT2D eigenvalue weighted by molar-refractivity contribution is -0.120. The minimum absolute atomic E-state index is 0.0743. The van der Waals surface area contributed by atoms with Crippen molar-refractivity contribution < 1.29 is 9.18 Å². The molecule has 2 rings (SSSR count). The lowest BCUT2D eigenvalue weighted by Gasteiger charge is -2.17. The molecule has 1 heterocycles. The molecule has 0 aliphatic carbocycles. The minimum Gasteiger partial charge on any atom is -0.349 e. The molecule has 0 spiro atoms. The summed E-state index contributed by atoms with van der Waals surface area (Å²) < 4.78 is 14.7. The highest BCUT2D eigenvalue weighted by atomic mass is 32.2. The van der Waals surface area contributed by atoms with Gasteiger partial charge in [-0.1, -0.05) is 53.9 Å². The average molecular weight is 386 g/mol. The van der Waals surface area contributed by atoms with Gasteiger partial charge in [-0.25, -0.2) is 4.39 Å². The third-order valence-electron chi connectivity index (χ3n) is 3.19. The summed E-state index contributed by atoms with van der Waals surface area (Å²) in [6.07, 6.45) is 1.09. The van der Waals surface area contributed by atoms with Gasteiger partial charge in [0.15, 0.2) is 8.68 Å². The molecule has 0 saturated heterocycles. The molecule has 0 aliphatic heterocycles. The van der Waals surface area contributed by atoms with Crippen molar-refractivity contribution in [2.75, 3.05) is 5.75 Å². The molecular formula is C16H20FN3OS3. The zero-order valence-corrected chi connectivity index (χ0v) is 16.2. The van der Waals surface area contributed by atoms with Crippen molar-refractivity contribution in [1.82, 2.24) is 15.5 Å². The van der Waals surface area contributed by atoms with Crippen LogP contribution in [0.5, 0.6) is 0 Å². The molecule has 0 aliphatic rings. The molecule has 4 nitrogen and oxygen atoms in total. The number of benzene rings is 1. The predicted octanol–water partition coefficient (Wildman–Crippen LogP) is 4.54. The Morgan fingerprint density at radius 1 is 1.25 bits per heavy atom. The third kappa shape index (κ3) is 5.75. The molecule has 130 valence electrons. The van der Waals surface area contributed by atoms with E-state index in [4.69, 9.17) is 0 Å². The first-order valence-corrected chi connectivity index (χ1v) is 10.4. The van der Waals surface area contributed by atoms with E-state index < -0.39 is 0 Å². The molecule has 0 radical (unpaired) electrons. The fourth-order valence-corrected chi connectivity index (χ4v) is 4.96. The Kier molecular flexibility index (Phi) is 7.51. The monoisotopic (exact) mass is 385 g/mol. The van der Waals surface area contributed by atoms with Crippen LogP contribution < -0.4 is 5.32 Å². The molecule has 2 aromatic rings. The molecular weight excluding hydrogens is 365 g/mol. The lowest BCUT2D eigenvalue weighted by Crippen LogP contribution is -2.33. The molecule has 0 bridgehead atoms. The van der Waals surface area contributed by atoms with E-state index in [9.17, 15) is 9.18 Å². The van der Waals surface area contributed by atoms with E-state index in [0.717, 1.165) is 26.4 Å². The average Bonchev–Trinajstić information content (AvgIpc) is 3.00. The summed E-state index contributed by atoms with van der Waals surface area (Å²) in [6.45, 7) is 5.85. The summed E-state index contributed by atoms with van der Waals surface area (Å²) >= 11 is 4.61. The highest BCUT2D eigenvalue weighted by Crippen LogP contribution is 2.31. The fraction of sp³-hybridized carbons (Fsp3) is 0.438. The number of carbonyl (C=O) groups is 1. The van der Waals surface area contributed by atoms with Gasteiger partial charge in [-0.3, -0.25) is 4.79 Å². The van der Waals surface area contributed by atoms with Gasteiger partial charge >= 0.3 is 0 Å². The maximum Gasteiger partial charge on any atom is 0.233 e. The quantitative estimate of drug-likeness (QED) is 0.676. The summed E-state index contributed by atoms with van der Waals surface area (Å²) in [5, 5.41) is 10.9. The zero-order valence-electron chi connectivity index (χ0n) is 13.8. The second kappa shape index (κ2) is 9.39. The van der Waals surface area contributed by atoms with Gasteiger partial charge in [-0.2, -0.15) is 0 Å². The van der Waals surface area contributed by atoms with E-state index in [1.54, 1.807) is 23.9 Å². The maximum absolute atomic E-state index is 13.0. The summed E-state index contributed by atoms with van der Waals surface area (Å²) in [5.41, 5.74) is 0.871. The van der Waals surface area contributed by atoms with Crippen LogP contribution in [0.4, 0.5) is 4.39 Å². The van der Waals surface area contributed by atoms with Crippen molar-refractivity contribution in [3.05, 3.63) is 35.6 Å². The summed E-state index contributed by atoms with van der Waals surface area (Å²) in [5.74, 6) is 0.661. The van der Waals surface area contributed by atoms with E-state index in [1.165, 1.54) is 35.2 Å². The number of hydrogen-bond acceptors (Lipinski definition) is 6. The SMILES string of the molecule is CCCSc1nnc(S[C@@H](C)C(=O)N[C@@H](C)c2ccc(F)cc2)s1. The van der Waals surface area contributed by atoms with Gasteiger partial charge in [0, 0.05) is 5.75 Å². The highest BCUT2D eigenvalue weighted by molar-refractivity contribution is 8.03. The van der Waals surface area contributed by atoms with Crippen molar-refractivity contribution in [3.63, 3.8) is 0 Å². The van der Waals surface area contributed by atoms with Gasteiger partial charge in [0.05, 0.1) is 11.3 Å². The number of aromatic nitrogens is 2. The van der Waals surface area contributed by atoms with E-state index in [2.05, 4.69) is 22.4 Å². The van der Waals surface area contributed by atoms with Crippen LogP contribution >= 0.6 is 34.9 Å². The smallest absolute Gasteiger partial charge is 0.233 e. The number of rotatable bonds is 8. The molecule has 0 unspecified atom stereocenters. The lowest BCUT2D eigenvalue weighted by atomic mass is 10.1. The van der Waals surface area contributed by atoms with Crippen LogP contribution in [0.3, 0.4) is 0 Å². The van der Waals surface area contributed by atoms with Gasteiger partial charge in [-0.05, 0) is 38.0 Å². The first kappa shape index (κ1) is 19.2. The number of halogens is 1. The molecule has 8 heteroatoms. The Morgan fingerprint density at radius 3 is 2.58 bits per heavy atom. The van der Waals surface area contributed by atoms with Gasteiger partial charge in [0.25, 0.3) is 0 Å². The normalized spacial score (nSPS) is 13.5. The molecule has 1 aromatic carbocycles. The maximum atomic E-state index is 13.0. The second-order valence-electron chi connectivity index (χ2n) is 5.22. The fourth-order valence-electron chi connectivity index (χ4n) is 1.86. The Morgan fingerprint density at radius 2 is 1.92 bits per heavy atom. The van der Waals surface area contributed by atoms with Crippen molar-refractivity contribution in [1.29, 1.82) is 0 Å². The largest absolute Gasteiger partial charge is 0.349 e. The summed E-state index contributed by atoms with van der Waals surface area (Å²) in [7, 11) is 0. The molecule has 2 atom stereocenters. The predicted molar refractivity (Wildman–Crippen MR) is 99.2 cm³/mol. The summed E-state index contributed by atoms with van der Waals surface area (Å²) in [4.78, 5) is 12.3. The van der Waals surface area contributed by atoms with Crippen LogP contribution in [0.1, 0.15) is 38.8 Å². The molecule has 24 heavy (non-hydrogen) atoms. The first-order chi connectivity index (χ1) is 11.5. The Bertz CT molecular complexity index is 663. The van der Waals surface area contributed by atoms with Crippen LogP contribution in [0, 0.1) is 5.82 Å². The van der Waals surface area contributed by atoms with E-state index in [-0.39, 0.29) is 23.0 Å². The Balaban J connectivity index is 1.87. The topological polar surface area (TPSA) is 54.9 Å². The third-order valence-corrected chi connectivity index (χ3v) is 6.64. The number of amides is 1. The van der Waals surface area contributed by atoms with Crippen LogP contribution in [-0.4, -0.2) is 27.1 Å². The first-order valence-electron chi connectivity index (χ1n) is 7.68. The molecule has 1 N–H and O–H groups in total. The molecule has 0 saturated carbocycles. The van der Waals surface area contributed by atoms with Crippen LogP contribution in [-0.2, 0) is 4.79 Å². The highest BCUT2D eigenvalue weighted by Gasteiger charge is 2.19. The number of nitrogens with one attached hydrogen (secondary N) is 1. The zero-order chi connectivity index (χ0) is 17.5. The Hall–Kier alpha value is -1.12. The van der Waals surface area contributed by atoms with E-state index >= 15 is 0 Å². The van der Waals surface area contributed by atoms with E-state index in [0.29, 0.717) is 0 Å². The van der Waals surface area contributed by atoms with Crippen molar-refractivity contribution in [2.24, 2.45) is 0 Å². The van der Waals surface area contributed by atoms with Gasteiger partial charge in [0.2, 0.25) is 5.91 Å². The van der Waals surface area contributed by atoms with Crippen molar-refractivity contribution >= 4 is 40.8 Å². The Labute approximate surface area is 154 Å². The van der Waals surface area contributed by atoms with Gasteiger partial charge in [0.1, 0.15) is 5.82 Å². The van der Waals surface area contributed by atoms with Crippen LogP contribution in [0.2, 0.25) is 0 Å². The van der Waals surface area contributed by atoms with Crippen molar-refractivity contribution in [3.8, 4) is 0 Å². The molecule has 0 fully saturated rings. The van der Waals surface area contributed by atoms with E-state index in [1.807, 2.05) is 13.8 Å². The van der Waals surface area contributed by atoms with Crippen LogP contribution in [0.15, 0.2) is 32.9 Å². The summed E-state index contributed by atoms with van der Waals surface area (Å²) in [6, 6.07) is 5.98. The van der Waals surface area contributed by atoms with Crippen molar-refractivity contribution in [2.45, 2.75) is 47.2 Å². The number of carbonyl (C=O) groups excluding carboxylic acids is 1. The standard InChI is InChI=1S/C16H20FN3OS3/c1-4-9-22-15-19-20-16(24-15)23-11(3)14(21)18-10(2)12-5-7-13(17)8-6-12/h5-8,10-11H,4,9H2,1-3H3,(H,18,21)/t10-,11-/m0/s1. The number of thioether (sulfide) groups is 2. The number of hydrogen-bond donors (Lipinski definition) is 1. The minimum atomic E-state index is -0.283. The second-order valence-corrected chi connectivity index (χ2v) is 9.13. The van der Waals surface area contributed by atoms with Gasteiger partial charge < -0.3 is 5.32 Å². The molecule has 1 aromatic heterocycles. The molecule has 1 amide bonds. The van der Waals surface area contributed by atoms with Gasteiger partial charge in [-0.15, -0.1) is 10.2 Å². The van der Waals surface area contributed by atoms with Crippen LogP contribution in [0.25, 0.3) is 0 Å².